The van der Waals surface area contributed by atoms with Crippen LogP contribution < -0.4 is 10.2 Å². The lowest BCUT2D eigenvalue weighted by Crippen LogP contribution is -2.49. The molecule has 1 aliphatic rings. The molecule has 4 nitrogen and oxygen atoms in total. The average molecular weight is 265 g/mol. The van der Waals surface area contributed by atoms with E-state index in [0.717, 1.165) is 5.69 Å². The number of likely N-dealkylation sites (N-methyl/N-ethyl adjacent to an activating group) is 1. The van der Waals surface area contributed by atoms with Crippen LogP contribution in [0.25, 0.3) is 0 Å². The van der Waals surface area contributed by atoms with E-state index >= 15 is 0 Å². The molecule has 20 heavy (non-hydrogen) atoms. The molecular weight excluding hydrogens is 252 g/mol. The van der Waals surface area contributed by atoms with E-state index in [1.165, 1.54) is 4.90 Å². The van der Waals surface area contributed by atoms with Gasteiger partial charge in [-0.15, -0.1) is 0 Å². The number of anilines is 1. The first-order valence-corrected chi connectivity index (χ1v) is 6.35. The second-order valence-corrected chi connectivity index (χ2v) is 4.65. The molecule has 3 rings (SSSR count). The maximum absolute atomic E-state index is 12.4. The fraction of sp³-hybridized carbons (Fsp3) is 0.125. The maximum atomic E-state index is 12.4. The van der Waals surface area contributed by atoms with Crippen molar-refractivity contribution in [2.24, 2.45) is 0 Å². The fourth-order valence-corrected chi connectivity index (χ4v) is 2.28. The van der Waals surface area contributed by atoms with Crippen molar-refractivity contribution in [1.82, 2.24) is 5.32 Å². The molecule has 0 aromatic heterocycles. The number of hydrogen-bond acceptors (Lipinski definition) is 2. The van der Waals surface area contributed by atoms with Crippen LogP contribution in [0.15, 0.2) is 54.6 Å². The summed E-state index contributed by atoms with van der Waals surface area (Å²) in [5.74, 6) is -0.561. The molecule has 1 radical (unpaired) electrons. The maximum Gasteiger partial charge on any atom is 0.259 e. The molecule has 0 spiro atoms. The van der Waals surface area contributed by atoms with E-state index in [1.807, 2.05) is 30.3 Å². The normalized spacial score (nSPS) is 17.4. The van der Waals surface area contributed by atoms with Crippen molar-refractivity contribution < 1.29 is 9.59 Å². The molecule has 2 aromatic carbocycles. The first-order chi connectivity index (χ1) is 9.68. The van der Waals surface area contributed by atoms with E-state index in [1.54, 1.807) is 31.3 Å². The van der Waals surface area contributed by atoms with Crippen LogP contribution in [0.5, 0.6) is 0 Å². The quantitative estimate of drug-likeness (QED) is 0.617. The summed E-state index contributed by atoms with van der Waals surface area (Å²) in [4.78, 5) is 26.2. The number of rotatable bonds is 2. The van der Waals surface area contributed by atoms with Crippen molar-refractivity contribution in [2.75, 3.05) is 11.9 Å². The molecule has 1 atom stereocenters. The fourth-order valence-electron chi connectivity index (χ4n) is 2.28. The van der Waals surface area contributed by atoms with Gasteiger partial charge in [0.1, 0.15) is 0 Å². The number of amides is 1. The Balaban J connectivity index is 1.97. The Morgan fingerprint density at radius 2 is 1.70 bits per heavy atom. The molecular formula is C16H13N2O2. The molecule has 0 unspecified atom stereocenters. The topological polar surface area (TPSA) is 51.5 Å². The Morgan fingerprint density at radius 1 is 1.05 bits per heavy atom. The van der Waals surface area contributed by atoms with Crippen LogP contribution >= 0.6 is 0 Å². The highest BCUT2D eigenvalue weighted by Crippen LogP contribution is 2.31. The van der Waals surface area contributed by atoms with Gasteiger partial charge in [-0.05, 0) is 12.1 Å². The molecule has 1 heterocycles. The summed E-state index contributed by atoms with van der Waals surface area (Å²) < 4.78 is 0. The Labute approximate surface area is 117 Å². The van der Waals surface area contributed by atoms with Gasteiger partial charge in [-0.25, -0.2) is 0 Å². The third kappa shape index (κ3) is 1.95. The zero-order valence-electron chi connectivity index (χ0n) is 11.0. The number of fused-ring (bicyclic) bond motifs is 1. The van der Waals surface area contributed by atoms with Gasteiger partial charge in [0.25, 0.3) is 5.91 Å². The summed E-state index contributed by atoms with van der Waals surface area (Å²) in [5, 5.41) is 4.31. The van der Waals surface area contributed by atoms with Gasteiger partial charge >= 0.3 is 0 Å². The van der Waals surface area contributed by atoms with Crippen molar-refractivity contribution in [1.29, 1.82) is 0 Å². The summed E-state index contributed by atoms with van der Waals surface area (Å²) in [6, 6.07) is 15.1. The molecule has 1 amide bonds. The zero-order chi connectivity index (χ0) is 14.1. The molecule has 0 bridgehead atoms. The smallest absolute Gasteiger partial charge is 0.259 e. The van der Waals surface area contributed by atoms with Crippen molar-refractivity contribution >= 4 is 23.1 Å². The average Bonchev–Trinajstić information content (AvgIpc) is 2.51. The van der Waals surface area contributed by atoms with Crippen molar-refractivity contribution in [2.45, 2.75) is 6.04 Å². The Kier molecular flexibility index (Phi) is 2.99. The lowest BCUT2D eigenvalue weighted by molar-refractivity contribution is -0.119. The molecule has 0 saturated heterocycles. The molecule has 0 fully saturated rings. The SMILES string of the molecule is CN1C(=O)[C@H](C(=O)c2ccccc2)[N]c2ccccc21. The van der Waals surface area contributed by atoms with Crippen LogP contribution in [0.4, 0.5) is 11.4 Å². The lowest BCUT2D eigenvalue weighted by atomic mass is 10.00. The first kappa shape index (κ1) is 12.4. The Hall–Kier alpha value is -2.62. The largest absolute Gasteiger partial charge is 0.311 e. The third-order valence-electron chi connectivity index (χ3n) is 3.38. The Bertz CT molecular complexity index is 667. The van der Waals surface area contributed by atoms with E-state index in [-0.39, 0.29) is 11.7 Å². The second kappa shape index (κ2) is 4.81. The minimum Gasteiger partial charge on any atom is -0.311 e. The molecule has 0 aliphatic carbocycles. The molecule has 1 aliphatic heterocycles. The number of Topliss-reactive ketones (excluding diaryl/α,β-unsaturated/α-hetero) is 1. The lowest BCUT2D eigenvalue weighted by Gasteiger charge is -2.30. The van der Waals surface area contributed by atoms with Crippen LogP contribution in [-0.2, 0) is 4.79 Å². The number of nitrogens with zero attached hydrogens (tertiary/aromatic N) is 2. The highest BCUT2D eigenvalue weighted by molar-refractivity contribution is 6.19. The van der Waals surface area contributed by atoms with Crippen LogP contribution in [0, 0.1) is 0 Å². The van der Waals surface area contributed by atoms with Crippen molar-refractivity contribution in [3.63, 3.8) is 0 Å². The van der Waals surface area contributed by atoms with E-state index in [2.05, 4.69) is 5.32 Å². The molecule has 4 heteroatoms. The molecule has 2 aromatic rings. The summed E-state index contributed by atoms with van der Waals surface area (Å²) in [6.45, 7) is 0. The zero-order valence-corrected chi connectivity index (χ0v) is 11.0. The first-order valence-electron chi connectivity index (χ1n) is 6.35. The minimum atomic E-state index is -0.989. The third-order valence-corrected chi connectivity index (χ3v) is 3.38. The van der Waals surface area contributed by atoms with Crippen LogP contribution in [0.3, 0.4) is 0 Å². The van der Waals surface area contributed by atoms with Gasteiger partial charge < -0.3 is 4.90 Å². The minimum absolute atomic E-state index is 0.267. The number of carbonyl (C=O) groups is 2. The molecule has 99 valence electrons. The van der Waals surface area contributed by atoms with Crippen molar-refractivity contribution in [3.05, 3.63) is 60.2 Å². The number of hydrogen-bond donors (Lipinski definition) is 0. The number of carbonyl (C=O) groups excluding carboxylic acids is 2. The standard InChI is InChI=1S/C16H13N2O2/c1-18-13-10-6-5-9-12(13)17-14(16(18)20)15(19)11-7-3-2-4-8-11/h2-10,14H,1H3/t14-/m0/s1. The van der Waals surface area contributed by atoms with E-state index in [4.69, 9.17) is 0 Å². The van der Waals surface area contributed by atoms with Gasteiger partial charge in [0, 0.05) is 12.6 Å². The monoisotopic (exact) mass is 265 g/mol. The Morgan fingerprint density at radius 3 is 2.45 bits per heavy atom. The van der Waals surface area contributed by atoms with Gasteiger partial charge in [-0.3, -0.25) is 14.9 Å². The van der Waals surface area contributed by atoms with Crippen molar-refractivity contribution in [3.8, 4) is 0 Å². The van der Waals surface area contributed by atoms with E-state index < -0.39 is 6.04 Å². The van der Waals surface area contributed by atoms with Crippen LogP contribution in [0.2, 0.25) is 0 Å². The van der Waals surface area contributed by atoms with Gasteiger partial charge in [-0.1, -0.05) is 42.5 Å². The predicted molar refractivity (Wildman–Crippen MR) is 76.2 cm³/mol. The predicted octanol–water partition coefficient (Wildman–Crippen LogP) is 2.15. The number of ketones is 1. The molecule has 0 N–H and O–H groups in total. The summed E-state index contributed by atoms with van der Waals surface area (Å²) in [5.41, 5.74) is 1.90. The van der Waals surface area contributed by atoms with E-state index in [0.29, 0.717) is 11.3 Å². The van der Waals surface area contributed by atoms with Gasteiger partial charge in [0.15, 0.2) is 11.8 Å². The van der Waals surface area contributed by atoms with Gasteiger partial charge in [0.2, 0.25) is 0 Å². The van der Waals surface area contributed by atoms with Crippen LogP contribution in [0.1, 0.15) is 10.4 Å². The highest BCUT2D eigenvalue weighted by atomic mass is 16.2. The summed E-state index contributed by atoms with van der Waals surface area (Å²) in [7, 11) is 1.67. The van der Waals surface area contributed by atoms with Gasteiger partial charge in [0.05, 0.1) is 11.4 Å². The van der Waals surface area contributed by atoms with Crippen LogP contribution in [-0.4, -0.2) is 24.8 Å². The molecule has 0 saturated carbocycles. The summed E-state index contributed by atoms with van der Waals surface area (Å²) >= 11 is 0. The van der Waals surface area contributed by atoms with Gasteiger partial charge in [-0.2, -0.15) is 0 Å². The highest BCUT2D eigenvalue weighted by Gasteiger charge is 2.36. The summed E-state index contributed by atoms with van der Waals surface area (Å²) in [6.07, 6.45) is 0. The number of benzene rings is 2. The van der Waals surface area contributed by atoms with E-state index in [9.17, 15) is 9.59 Å². The number of para-hydroxylation sites is 2. The second-order valence-electron chi connectivity index (χ2n) is 4.65.